The van der Waals surface area contributed by atoms with E-state index in [0.717, 1.165) is 29.8 Å². The molecule has 0 saturated heterocycles. The van der Waals surface area contributed by atoms with Crippen molar-refractivity contribution in [1.82, 2.24) is 0 Å². The lowest BCUT2D eigenvalue weighted by Crippen LogP contribution is -2.57. The van der Waals surface area contributed by atoms with E-state index in [4.69, 9.17) is 4.74 Å². The van der Waals surface area contributed by atoms with Crippen LogP contribution >= 0.6 is 0 Å². The number of hydrogen-bond acceptors (Lipinski definition) is 2. The van der Waals surface area contributed by atoms with Crippen molar-refractivity contribution in [3.63, 3.8) is 0 Å². The summed E-state index contributed by atoms with van der Waals surface area (Å²) in [5.41, 5.74) is 14.5. The van der Waals surface area contributed by atoms with E-state index in [1.54, 1.807) is 0 Å². The number of fused-ring (bicyclic) bond motifs is 3. The first-order valence-corrected chi connectivity index (χ1v) is 21.3. The second-order valence-electron chi connectivity index (χ2n) is 19.2. The molecule has 0 radical (unpaired) electrons. The molecule has 0 amide bonds. The van der Waals surface area contributed by atoms with Crippen molar-refractivity contribution in [2.24, 2.45) is 23.7 Å². The van der Waals surface area contributed by atoms with Crippen molar-refractivity contribution in [2.45, 2.75) is 88.9 Å². The van der Waals surface area contributed by atoms with Gasteiger partial charge in [0.2, 0.25) is 0 Å². The van der Waals surface area contributed by atoms with Crippen LogP contribution in [0.5, 0.6) is 11.5 Å². The first-order valence-electron chi connectivity index (χ1n) is 21.3. The molecule has 1 heterocycles. The fourth-order valence-electron chi connectivity index (χ4n) is 12.7. The topological polar surface area (TPSA) is 12.5 Å². The molecule has 2 nitrogen and oxygen atoms in total. The summed E-state index contributed by atoms with van der Waals surface area (Å²) in [6, 6.07) is 52.5. The minimum atomic E-state index is -0.0538. The van der Waals surface area contributed by atoms with Gasteiger partial charge < -0.3 is 9.64 Å². The minimum Gasteiger partial charge on any atom is -0.457 e. The van der Waals surface area contributed by atoms with Crippen LogP contribution in [-0.4, -0.2) is 0 Å². The average Bonchev–Trinajstić information content (AvgIpc) is 3.22. The fraction of sp³-hybridized carbons (Fsp3) is 0.333. The molecule has 0 atom stereocenters. The number of ether oxygens (including phenoxy) is 1. The quantitative estimate of drug-likeness (QED) is 0.175. The SMILES string of the molecule is CC1(C)CCC(C)(C)c2c(N(c3ccc(-c4ccccc4)cc3)c3cc4c(cc3-c3ccccc3)Oc3ccccc3C43C4CC5CC(C4)CC3C5)cccc21. The average molecular weight is 732 g/mol. The van der Waals surface area contributed by atoms with Gasteiger partial charge in [0.25, 0.3) is 0 Å². The van der Waals surface area contributed by atoms with E-state index in [2.05, 4.69) is 172 Å². The maximum Gasteiger partial charge on any atom is 0.132 e. The molecule has 2 heteroatoms. The van der Waals surface area contributed by atoms with Gasteiger partial charge in [0.05, 0.1) is 11.4 Å². The smallest absolute Gasteiger partial charge is 0.132 e. The van der Waals surface area contributed by atoms with Crippen LogP contribution in [0.2, 0.25) is 0 Å². The standard InChI is InChI=1S/C54H53NO/c1-52(2)26-27-53(3,4)51-45(52)19-13-20-47(51)55(42-24-22-38(23-25-42)37-14-7-5-8-15-37)48-34-46-50(33-43(48)39-16-9-6-10-17-39)56-49-21-12-11-18-44(49)54(46)40-29-35-28-36(31-40)32-41(54)30-35/h5-25,33-36,40-41H,26-32H2,1-4H3. The van der Waals surface area contributed by atoms with Gasteiger partial charge >= 0.3 is 0 Å². The summed E-state index contributed by atoms with van der Waals surface area (Å²) in [6.07, 6.45) is 9.09. The largest absolute Gasteiger partial charge is 0.457 e. The van der Waals surface area contributed by atoms with Gasteiger partial charge in [-0.05, 0) is 144 Å². The van der Waals surface area contributed by atoms with Crippen LogP contribution in [0.25, 0.3) is 22.3 Å². The minimum absolute atomic E-state index is 0.00941. The summed E-state index contributed by atoms with van der Waals surface area (Å²) in [7, 11) is 0. The molecule has 4 fully saturated rings. The first kappa shape index (κ1) is 34.2. The van der Waals surface area contributed by atoms with Crippen LogP contribution in [0, 0.1) is 23.7 Å². The lowest BCUT2D eigenvalue weighted by molar-refractivity contribution is -0.0452. The maximum absolute atomic E-state index is 7.11. The van der Waals surface area contributed by atoms with Crippen LogP contribution < -0.4 is 9.64 Å². The third-order valence-electron chi connectivity index (χ3n) is 15.1. The lowest BCUT2D eigenvalue weighted by Gasteiger charge is -2.63. The molecule has 280 valence electrons. The van der Waals surface area contributed by atoms with E-state index >= 15 is 0 Å². The highest BCUT2D eigenvalue weighted by atomic mass is 16.5. The van der Waals surface area contributed by atoms with E-state index in [1.807, 2.05) is 0 Å². The summed E-state index contributed by atoms with van der Waals surface area (Å²) in [5, 5.41) is 0. The summed E-state index contributed by atoms with van der Waals surface area (Å²) in [5.74, 6) is 5.10. The van der Waals surface area contributed by atoms with Crippen molar-refractivity contribution in [3.05, 3.63) is 162 Å². The predicted octanol–water partition coefficient (Wildman–Crippen LogP) is 14.7. The van der Waals surface area contributed by atoms with Gasteiger partial charge in [-0.2, -0.15) is 0 Å². The number of hydrogen-bond donors (Lipinski definition) is 0. The summed E-state index contributed by atoms with van der Waals surface area (Å²) in [4.78, 5) is 2.64. The fourth-order valence-corrected chi connectivity index (χ4v) is 12.7. The molecular weight excluding hydrogens is 679 g/mol. The normalized spacial score (nSPS) is 25.9. The molecule has 4 bridgehead atoms. The van der Waals surface area contributed by atoms with Crippen LogP contribution in [-0.2, 0) is 16.2 Å². The molecule has 1 aliphatic heterocycles. The Labute approximate surface area is 333 Å². The molecule has 6 aromatic carbocycles. The van der Waals surface area contributed by atoms with Gasteiger partial charge in [-0.15, -0.1) is 0 Å². The van der Waals surface area contributed by atoms with Crippen molar-refractivity contribution < 1.29 is 4.74 Å². The Bertz CT molecular complexity index is 2430. The molecule has 0 aromatic heterocycles. The van der Waals surface area contributed by atoms with Crippen LogP contribution in [0.4, 0.5) is 17.1 Å². The maximum atomic E-state index is 7.11. The Morgan fingerprint density at radius 2 is 1.07 bits per heavy atom. The number of rotatable bonds is 5. The highest BCUT2D eigenvalue weighted by molar-refractivity contribution is 5.92. The number of nitrogens with zero attached hydrogens (tertiary/aromatic N) is 1. The molecule has 5 aliphatic carbocycles. The van der Waals surface area contributed by atoms with Crippen molar-refractivity contribution in [3.8, 4) is 33.8 Å². The van der Waals surface area contributed by atoms with Gasteiger partial charge in [0.1, 0.15) is 11.5 Å². The van der Waals surface area contributed by atoms with E-state index in [-0.39, 0.29) is 16.2 Å². The zero-order valence-electron chi connectivity index (χ0n) is 33.4. The van der Waals surface area contributed by atoms with E-state index in [9.17, 15) is 0 Å². The Morgan fingerprint density at radius 1 is 0.482 bits per heavy atom. The Hall–Kier alpha value is -5.08. The van der Waals surface area contributed by atoms with Crippen LogP contribution in [0.1, 0.15) is 94.9 Å². The first-order chi connectivity index (χ1) is 27.2. The molecule has 0 N–H and O–H groups in total. The van der Waals surface area contributed by atoms with Crippen molar-refractivity contribution in [1.29, 1.82) is 0 Å². The third-order valence-corrected chi connectivity index (χ3v) is 15.1. The molecule has 6 aromatic rings. The van der Waals surface area contributed by atoms with E-state index in [1.165, 1.54) is 100 Å². The molecule has 1 spiro atoms. The van der Waals surface area contributed by atoms with Gasteiger partial charge in [0, 0.05) is 27.8 Å². The predicted molar refractivity (Wildman–Crippen MR) is 232 cm³/mol. The monoisotopic (exact) mass is 731 g/mol. The van der Waals surface area contributed by atoms with Gasteiger partial charge in [-0.1, -0.05) is 131 Å². The zero-order chi connectivity index (χ0) is 37.8. The van der Waals surface area contributed by atoms with E-state index < -0.39 is 0 Å². The highest BCUT2D eigenvalue weighted by Crippen LogP contribution is 2.69. The Balaban J connectivity index is 1.21. The highest BCUT2D eigenvalue weighted by Gasteiger charge is 2.61. The second-order valence-corrected chi connectivity index (χ2v) is 19.2. The van der Waals surface area contributed by atoms with Crippen LogP contribution in [0.15, 0.2) is 140 Å². The number of para-hydroxylation sites is 1. The molecule has 6 aliphatic rings. The van der Waals surface area contributed by atoms with Crippen molar-refractivity contribution in [2.75, 3.05) is 4.90 Å². The van der Waals surface area contributed by atoms with Crippen molar-refractivity contribution >= 4 is 17.1 Å². The van der Waals surface area contributed by atoms with Gasteiger partial charge in [-0.3, -0.25) is 0 Å². The molecule has 4 saturated carbocycles. The molecular formula is C54H53NO. The van der Waals surface area contributed by atoms with Gasteiger partial charge in [0.15, 0.2) is 0 Å². The number of benzene rings is 6. The summed E-state index contributed by atoms with van der Waals surface area (Å²) in [6.45, 7) is 9.84. The third kappa shape index (κ3) is 5.07. The van der Waals surface area contributed by atoms with E-state index in [0.29, 0.717) is 11.8 Å². The zero-order valence-corrected chi connectivity index (χ0v) is 33.4. The molecule has 12 rings (SSSR count). The summed E-state index contributed by atoms with van der Waals surface area (Å²) >= 11 is 0. The Morgan fingerprint density at radius 3 is 1.77 bits per heavy atom. The Kier molecular flexibility index (Phi) is 7.61. The molecule has 56 heavy (non-hydrogen) atoms. The number of anilines is 3. The molecule has 0 unspecified atom stereocenters. The summed E-state index contributed by atoms with van der Waals surface area (Å²) < 4.78 is 7.11. The van der Waals surface area contributed by atoms with Crippen LogP contribution in [0.3, 0.4) is 0 Å². The van der Waals surface area contributed by atoms with Gasteiger partial charge in [-0.25, -0.2) is 0 Å². The lowest BCUT2D eigenvalue weighted by atomic mass is 9.41. The second kappa shape index (κ2) is 12.5.